The predicted molar refractivity (Wildman–Crippen MR) is 65.6 cm³/mol. The first kappa shape index (κ1) is 11.3. The summed E-state index contributed by atoms with van der Waals surface area (Å²) in [7, 11) is 0. The minimum atomic E-state index is -0.0479. The Morgan fingerprint density at radius 2 is 2.24 bits per heavy atom. The Morgan fingerprint density at radius 1 is 1.41 bits per heavy atom. The van der Waals surface area contributed by atoms with Crippen LogP contribution in [-0.2, 0) is 4.74 Å². The average Bonchev–Trinajstić information content (AvgIpc) is 2.94. The number of carbonyl (C=O) groups excluding carboxylic acids is 1. The first-order valence-electron chi connectivity index (χ1n) is 5.53. The molecule has 2 fully saturated rings. The molecule has 2 saturated heterocycles. The number of hydrogen-bond acceptors (Lipinski definition) is 2. The van der Waals surface area contributed by atoms with Gasteiger partial charge in [-0.25, -0.2) is 0 Å². The van der Waals surface area contributed by atoms with Gasteiger partial charge in [-0.05, 0) is 18.6 Å². The van der Waals surface area contributed by atoms with Crippen molar-refractivity contribution < 1.29 is 9.53 Å². The lowest BCUT2D eigenvalue weighted by molar-refractivity contribution is 0.0259. The van der Waals surface area contributed by atoms with Gasteiger partial charge in [0.25, 0.3) is 5.91 Å². The largest absolute Gasteiger partial charge is 0.374 e. The van der Waals surface area contributed by atoms with Gasteiger partial charge in [-0.2, -0.15) is 0 Å². The molecule has 3 rings (SSSR count). The maximum Gasteiger partial charge on any atom is 0.255 e. The van der Waals surface area contributed by atoms with E-state index in [2.05, 4.69) is 0 Å². The highest BCUT2D eigenvalue weighted by atomic mass is 35.5. The second-order valence-corrected chi connectivity index (χ2v) is 5.19. The van der Waals surface area contributed by atoms with Gasteiger partial charge in [-0.3, -0.25) is 4.79 Å². The molecule has 2 atom stereocenters. The van der Waals surface area contributed by atoms with E-state index in [1.54, 1.807) is 18.2 Å². The smallest absolute Gasteiger partial charge is 0.255 e. The molecule has 0 unspecified atom stereocenters. The zero-order valence-electron chi connectivity index (χ0n) is 9.03. The summed E-state index contributed by atoms with van der Waals surface area (Å²) in [6.07, 6.45) is 1.13. The first-order valence-corrected chi connectivity index (χ1v) is 6.29. The Kier molecular flexibility index (Phi) is 2.77. The van der Waals surface area contributed by atoms with Crippen molar-refractivity contribution in [2.24, 2.45) is 0 Å². The Morgan fingerprint density at radius 3 is 2.88 bits per heavy atom. The van der Waals surface area contributed by atoms with Gasteiger partial charge in [0, 0.05) is 6.54 Å². The zero-order valence-corrected chi connectivity index (χ0v) is 10.5. The number of fused-ring (bicyclic) bond motifs is 2. The highest BCUT2D eigenvalue weighted by molar-refractivity contribution is 6.43. The maximum absolute atomic E-state index is 12.3. The van der Waals surface area contributed by atoms with Crippen LogP contribution in [0.4, 0.5) is 0 Å². The number of benzene rings is 1. The molecule has 5 heteroatoms. The van der Waals surface area contributed by atoms with Crippen molar-refractivity contribution in [1.82, 2.24) is 4.90 Å². The highest BCUT2D eigenvalue weighted by Gasteiger charge is 2.42. The number of likely N-dealkylation sites (tertiary alicyclic amines) is 1. The number of carbonyl (C=O) groups is 1. The summed E-state index contributed by atoms with van der Waals surface area (Å²) in [4.78, 5) is 14.2. The Balaban J connectivity index is 1.89. The fourth-order valence-electron chi connectivity index (χ4n) is 2.47. The summed E-state index contributed by atoms with van der Waals surface area (Å²) in [5.74, 6) is -0.0479. The SMILES string of the molecule is O=C(c1cccc(Cl)c1Cl)N1C[C@H]2C[C@H]1CO2. The van der Waals surface area contributed by atoms with Gasteiger partial charge in [0.05, 0.1) is 34.4 Å². The average molecular weight is 272 g/mol. The molecule has 2 bridgehead atoms. The van der Waals surface area contributed by atoms with E-state index in [0.717, 1.165) is 6.42 Å². The van der Waals surface area contributed by atoms with Crippen molar-refractivity contribution in [2.75, 3.05) is 13.2 Å². The van der Waals surface area contributed by atoms with Crippen LogP contribution < -0.4 is 0 Å². The lowest BCUT2D eigenvalue weighted by Crippen LogP contribution is -2.41. The van der Waals surface area contributed by atoms with Gasteiger partial charge in [-0.1, -0.05) is 29.3 Å². The lowest BCUT2D eigenvalue weighted by Gasteiger charge is -2.27. The van der Waals surface area contributed by atoms with Gasteiger partial charge in [0.15, 0.2) is 0 Å². The molecule has 17 heavy (non-hydrogen) atoms. The third-order valence-corrected chi connectivity index (χ3v) is 4.16. The quantitative estimate of drug-likeness (QED) is 0.786. The van der Waals surface area contributed by atoms with Crippen LogP contribution in [0.25, 0.3) is 0 Å². The van der Waals surface area contributed by atoms with Crippen LogP contribution in [-0.4, -0.2) is 36.1 Å². The van der Waals surface area contributed by atoms with Crippen LogP contribution in [0.5, 0.6) is 0 Å². The van der Waals surface area contributed by atoms with Crippen molar-refractivity contribution >= 4 is 29.1 Å². The van der Waals surface area contributed by atoms with E-state index in [1.807, 2.05) is 4.90 Å². The number of morpholine rings is 1. The molecule has 3 nitrogen and oxygen atoms in total. The third-order valence-electron chi connectivity index (χ3n) is 3.34. The normalized spacial score (nSPS) is 26.6. The molecule has 0 radical (unpaired) electrons. The first-order chi connectivity index (χ1) is 8.16. The molecule has 90 valence electrons. The topological polar surface area (TPSA) is 29.5 Å². The molecular weight excluding hydrogens is 261 g/mol. The van der Waals surface area contributed by atoms with Crippen LogP contribution in [0.2, 0.25) is 10.0 Å². The molecule has 1 amide bonds. The van der Waals surface area contributed by atoms with Crippen molar-refractivity contribution in [3.05, 3.63) is 33.8 Å². The molecule has 0 aliphatic carbocycles. The summed E-state index contributed by atoms with van der Waals surface area (Å²) in [6.45, 7) is 1.29. The van der Waals surface area contributed by atoms with Gasteiger partial charge in [0.2, 0.25) is 0 Å². The van der Waals surface area contributed by atoms with E-state index >= 15 is 0 Å². The molecular formula is C12H11Cl2NO2. The second-order valence-electron chi connectivity index (χ2n) is 4.40. The van der Waals surface area contributed by atoms with Crippen molar-refractivity contribution in [3.8, 4) is 0 Å². The summed E-state index contributed by atoms with van der Waals surface area (Å²) < 4.78 is 5.47. The van der Waals surface area contributed by atoms with Crippen LogP contribution in [0.3, 0.4) is 0 Å². The third kappa shape index (κ3) is 1.82. The Hall–Kier alpha value is -0.770. The Bertz CT molecular complexity index is 478. The number of hydrogen-bond donors (Lipinski definition) is 0. The van der Waals surface area contributed by atoms with Crippen molar-refractivity contribution in [1.29, 1.82) is 0 Å². The fourth-order valence-corrected chi connectivity index (χ4v) is 2.85. The number of amides is 1. The fraction of sp³-hybridized carbons (Fsp3) is 0.417. The van der Waals surface area contributed by atoms with Gasteiger partial charge < -0.3 is 9.64 Å². The van der Waals surface area contributed by atoms with Gasteiger partial charge >= 0.3 is 0 Å². The zero-order chi connectivity index (χ0) is 12.0. The van der Waals surface area contributed by atoms with Gasteiger partial charge in [-0.15, -0.1) is 0 Å². The van der Waals surface area contributed by atoms with E-state index in [1.165, 1.54) is 0 Å². The van der Waals surface area contributed by atoms with E-state index in [4.69, 9.17) is 27.9 Å². The van der Waals surface area contributed by atoms with Crippen LogP contribution >= 0.6 is 23.2 Å². The molecule has 2 aliphatic heterocycles. The van der Waals surface area contributed by atoms with E-state index in [0.29, 0.717) is 28.8 Å². The monoisotopic (exact) mass is 271 g/mol. The summed E-state index contributed by atoms with van der Waals surface area (Å²) >= 11 is 12.0. The van der Waals surface area contributed by atoms with E-state index < -0.39 is 0 Å². The summed E-state index contributed by atoms with van der Waals surface area (Å²) in [6, 6.07) is 5.33. The minimum absolute atomic E-state index is 0.0479. The van der Waals surface area contributed by atoms with Crippen molar-refractivity contribution in [2.45, 2.75) is 18.6 Å². The number of nitrogens with zero attached hydrogens (tertiary/aromatic N) is 1. The molecule has 0 N–H and O–H groups in total. The minimum Gasteiger partial charge on any atom is -0.374 e. The standard InChI is InChI=1S/C12H11Cl2NO2/c13-10-3-1-2-9(11(10)14)12(16)15-5-8-4-7(15)6-17-8/h1-3,7-8H,4-6H2/t7-,8+/m0/s1. The van der Waals surface area contributed by atoms with Crippen molar-refractivity contribution in [3.63, 3.8) is 0 Å². The lowest BCUT2D eigenvalue weighted by atomic mass is 10.2. The van der Waals surface area contributed by atoms with E-state index in [-0.39, 0.29) is 18.1 Å². The summed E-state index contributed by atoms with van der Waals surface area (Å²) in [5, 5.41) is 0.751. The molecule has 1 aromatic carbocycles. The second kappa shape index (κ2) is 4.16. The molecule has 2 aliphatic rings. The highest BCUT2D eigenvalue weighted by Crippen LogP contribution is 2.32. The molecule has 1 aromatic rings. The number of ether oxygens (including phenoxy) is 1. The number of rotatable bonds is 1. The predicted octanol–water partition coefficient (Wildman–Crippen LogP) is 2.61. The number of halogens is 2. The van der Waals surface area contributed by atoms with Crippen LogP contribution in [0, 0.1) is 0 Å². The Labute approximate surface area is 109 Å². The molecule has 0 aromatic heterocycles. The summed E-state index contributed by atoms with van der Waals surface area (Å²) in [5.41, 5.74) is 0.478. The van der Waals surface area contributed by atoms with Crippen LogP contribution in [0.1, 0.15) is 16.8 Å². The maximum atomic E-state index is 12.3. The van der Waals surface area contributed by atoms with Gasteiger partial charge in [0.1, 0.15) is 0 Å². The molecule has 2 heterocycles. The molecule has 0 spiro atoms. The molecule has 0 saturated carbocycles. The van der Waals surface area contributed by atoms with Crippen LogP contribution in [0.15, 0.2) is 18.2 Å². The van der Waals surface area contributed by atoms with E-state index in [9.17, 15) is 4.79 Å².